The average molecular weight is 354 g/mol. The Hall–Kier alpha value is -0.480. The van der Waals surface area contributed by atoms with Gasteiger partial charge in [-0.1, -0.05) is 36.2 Å². The molecule has 0 heterocycles. The fourth-order valence-corrected chi connectivity index (χ4v) is 2.41. The normalized spacial score (nSPS) is 11.7. The van der Waals surface area contributed by atoms with E-state index in [9.17, 15) is 4.79 Å². The van der Waals surface area contributed by atoms with E-state index in [0.29, 0.717) is 23.0 Å². The van der Waals surface area contributed by atoms with Crippen molar-refractivity contribution in [2.75, 3.05) is 20.1 Å². The minimum absolute atomic E-state index is 0. The molecule has 0 saturated carbocycles. The topological polar surface area (TPSA) is 32.3 Å². The van der Waals surface area contributed by atoms with E-state index in [1.165, 1.54) is 0 Å². The van der Waals surface area contributed by atoms with Gasteiger partial charge in [0.15, 0.2) is 0 Å². The second-order valence-electron chi connectivity index (χ2n) is 4.79. The molecule has 1 rings (SSSR count). The molecule has 0 saturated heterocycles. The third-order valence-corrected chi connectivity index (χ3v) is 4.01. The zero-order valence-corrected chi connectivity index (χ0v) is 15.0. The molecule has 1 aromatic carbocycles. The fraction of sp³-hybridized carbons (Fsp3) is 0.533. The van der Waals surface area contributed by atoms with Crippen molar-refractivity contribution in [3.63, 3.8) is 0 Å². The van der Waals surface area contributed by atoms with Gasteiger partial charge in [-0.05, 0) is 38.1 Å². The summed E-state index contributed by atoms with van der Waals surface area (Å²) in [7, 11) is 1.85. The van der Waals surface area contributed by atoms with Crippen LogP contribution in [0.15, 0.2) is 18.2 Å². The van der Waals surface area contributed by atoms with Crippen molar-refractivity contribution < 1.29 is 4.79 Å². The molecule has 1 unspecified atom stereocenters. The van der Waals surface area contributed by atoms with Crippen molar-refractivity contribution in [2.45, 2.75) is 32.7 Å². The third kappa shape index (κ3) is 6.03. The lowest BCUT2D eigenvalue weighted by atomic mass is 10.1. The molecular formula is C15H23Cl3N2O. The summed E-state index contributed by atoms with van der Waals surface area (Å²) in [6.07, 6.45) is 1.43. The van der Waals surface area contributed by atoms with Crippen molar-refractivity contribution in [1.82, 2.24) is 10.2 Å². The van der Waals surface area contributed by atoms with E-state index >= 15 is 0 Å². The molecule has 1 N–H and O–H groups in total. The Morgan fingerprint density at radius 3 is 2.52 bits per heavy atom. The molecule has 0 aliphatic rings. The number of benzene rings is 1. The number of hydrogen-bond acceptors (Lipinski definition) is 2. The van der Waals surface area contributed by atoms with Gasteiger partial charge in [0.2, 0.25) is 5.91 Å². The highest BCUT2D eigenvalue weighted by Crippen LogP contribution is 2.28. The molecule has 0 bridgehead atoms. The van der Waals surface area contributed by atoms with Crippen LogP contribution in [0, 0.1) is 0 Å². The Balaban J connectivity index is 0.00000400. The molecular weight excluding hydrogens is 331 g/mol. The number of rotatable bonds is 7. The Labute approximate surface area is 143 Å². The van der Waals surface area contributed by atoms with E-state index in [0.717, 1.165) is 18.5 Å². The van der Waals surface area contributed by atoms with Crippen molar-refractivity contribution >= 4 is 41.5 Å². The second-order valence-corrected chi connectivity index (χ2v) is 5.60. The first kappa shape index (κ1) is 20.5. The summed E-state index contributed by atoms with van der Waals surface area (Å²) >= 11 is 12.0. The van der Waals surface area contributed by atoms with Crippen LogP contribution in [0.5, 0.6) is 0 Å². The number of amides is 1. The van der Waals surface area contributed by atoms with Crippen LogP contribution in [0.4, 0.5) is 0 Å². The zero-order valence-electron chi connectivity index (χ0n) is 12.7. The average Bonchev–Trinajstić information content (AvgIpc) is 2.44. The van der Waals surface area contributed by atoms with Gasteiger partial charge in [0, 0.05) is 19.5 Å². The first-order valence-electron chi connectivity index (χ1n) is 6.90. The molecule has 120 valence electrons. The number of carbonyl (C=O) groups excluding carboxylic acids is 1. The van der Waals surface area contributed by atoms with Gasteiger partial charge >= 0.3 is 0 Å². The van der Waals surface area contributed by atoms with Crippen LogP contribution < -0.4 is 5.32 Å². The quantitative estimate of drug-likeness (QED) is 0.791. The summed E-state index contributed by atoms with van der Waals surface area (Å²) in [6, 6.07) is 5.53. The minimum Gasteiger partial charge on any atom is -0.336 e. The van der Waals surface area contributed by atoms with Gasteiger partial charge in [0.25, 0.3) is 0 Å². The van der Waals surface area contributed by atoms with Gasteiger partial charge in [-0.3, -0.25) is 4.79 Å². The Morgan fingerprint density at radius 1 is 1.33 bits per heavy atom. The molecule has 21 heavy (non-hydrogen) atoms. The number of carbonyl (C=O) groups is 1. The van der Waals surface area contributed by atoms with E-state index < -0.39 is 0 Å². The van der Waals surface area contributed by atoms with Gasteiger partial charge in [-0.25, -0.2) is 0 Å². The molecule has 6 heteroatoms. The minimum atomic E-state index is -0.00549. The largest absolute Gasteiger partial charge is 0.336 e. The Morgan fingerprint density at radius 2 is 2.00 bits per heavy atom. The molecule has 0 aromatic heterocycles. The Bertz CT molecular complexity index is 455. The van der Waals surface area contributed by atoms with Crippen LogP contribution in [0.25, 0.3) is 0 Å². The number of hydrogen-bond donors (Lipinski definition) is 1. The molecule has 1 aromatic rings. The van der Waals surface area contributed by atoms with Crippen LogP contribution in [0.1, 0.15) is 38.3 Å². The maximum atomic E-state index is 12.3. The SMILES string of the molecule is CCCN(C(=O)CCNC)C(C)c1ccc(Cl)c(Cl)c1.Cl. The highest BCUT2D eigenvalue weighted by molar-refractivity contribution is 6.42. The molecule has 0 aliphatic carbocycles. The summed E-state index contributed by atoms with van der Waals surface area (Å²) in [5.74, 6) is 0.153. The lowest BCUT2D eigenvalue weighted by molar-refractivity contribution is -0.133. The van der Waals surface area contributed by atoms with Crippen LogP contribution >= 0.6 is 35.6 Å². The molecule has 0 fully saturated rings. The van der Waals surface area contributed by atoms with E-state index in [-0.39, 0.29) is 24.4 Å². The summed E-state index contributed by atoms with van der Waals surface area (Å²) < 4.78 is 0. The smallest absolute Gasteiger partial charge is 0.224 e. The zero-order chi connectivity index (χ0) is 15.1. The monoisotopic (exact) mass is 352 g/mol. The van der Waals surface area contributed by atoms with Gasteiger partial charge in [-0.2, -0.15) is 0 Å². The van der Waals surface area contributed by atoms with Crippen LogP contribution in [-0.2, 0) is 4.79 Å². The third-order valence-electron chi connectivity index (χ3n) is 3.27. The lowest BCUT2D eigenvalue weighted by Crippen LogP contribution is -2.35. The van der Waals surface area contributed by atoms with E-state index in [1.54, 1.807) is 6.07 Å². The maximum Gasteiger partial charge on any atom is 0.224 e. The lowest BCUT2D eigenvalue weighted by Gasteiger charge is -2.29. The van der Waals surface area contributed by atoms with Crippen molar-refractivity contribution in [1.29, 1.82) is 0 Å². The van der Waals surface area contributed by atoms with Crippen molar-refractivity contribution in [3.05, 3.63) is 33.8 Å². The first-order chi connectivity index (χ1) is 9.51. The highest BCUT2D eigenvalue weighted by Gasteiger charge is 2.20. The van der Waals surface area contributed by atoms with Crippen molar-refractivity contribution in [3.8, 4) is 0 Å². The van der Waals surface area contributed by atoms with Crippen LogP contribution in [-0.4, -0.2) is 30.9 Å². The predicted octanol–water partition coefficient (Wildman–Crippen LogP) is 4.32. The maximum absolute atomic E-state index is 12.3. The summed E-state index contributed by atoms with van der Waals surface area (Å²) in [4.78, 5) is 14.2. The second kappa shape index (κ2) is 10.3. The number of halogens is 3. The summed E-state index contributed by atoms with van der Waals surface area (Å²) in [5, 5.41) is 4.06. The first-order valence-corrected chi connectivity index (χ1v) is 7.65. The summed E-state index contributed by atoms with van der Waals surface area (Å²) in [6.45, 7) is 5.52. The summed E-state index contributed by atoms with van der Waals surface area (Å²) in [5.41, 5.74) is 1.01. The predicted molar refractivity (Wildman–Crippen MR) is 92.7 cm³/mol. The molecule has 1 amide bonds. The van der Waals surface area contributed by atoms with Gasteiger partial charge in [0.05, 0.1) is 16.1 Å². The van der Waals surface area contributed by atoms with Gasteiger partial charge in [-0.15, -0.1) is 12.4 Å². The fourth-order valence-electron chi connectivity index (χ4n) is 2.10. The molecule has 1 atom stereocenters. The van der Waals surface area contributed by atoms with Gasteiger partial charge < -0.3 is 10.2 Å². The highest BCUT2D eigenvalue weighted by atomic mass is 35.5. The standard InChI is InChI=1S/C15H22Cl2N2O.ClH/c1-4-9-19(15(20)7-8-18-3)11(2)12-5-6-13(16)14(17)10-12;/h5-6,10-11,18H,4,7-9H2,1-3H3;1H. The molecule has 0 aliphatic heterocycles. The van der Waals surface area contributed by atoms with Crippen LogP contribution in [0.3, 0.4) is 0 Å². The number of nitrogens with one attached hydrogen (secondary N) is 1. The van der Waals surface area contributed by atoms with Gasteiger partial charge in [0.1, 0.15) is 0 Å². The van der Waals surface area contributed by atoms with Crippen molar-refractivity contribution in [2.24, 2.45) is 0 Å². The molecule has 0 spiro atoms. The van der Waals surface area contributed by atoms with E-state index in [4.69, 9.17) is 23.2 Å². The molecule has 0 radical (unpaired) electrons. The van der Waals surface area contributed by atoms with Crippen LogP contribution in [0.2, 0.25) is 10.0 Å². The van der Waals surface area contributed by atoms with E-state index in [2.05, 4.69) is 12.2 Å². The molecule has 3 nitrogen and oxygen atoms in total. The Kier molecular flexibility index (Phi) is 10.0. The number of nitrogens with zero attached hydrogens (tertiary/aromatic N) is 1. The van der Waals surface area contributed by atoms with E-state index in [1.807, 2.05) is 31.0 Å².